The van der Waals surface area contributed by atoms with Crippen molar-refractivity contribution in [3.8, 4) is 0 Å². The van der Waals surface area contributed by atoms with Crippen LogP contribution < -0.4 is 10.2 Å². The highest BCUT2D eigenvalue weighted by Crippen LogP contribution is 2.23. The van der Waals surface area contributed by atoms with E-state index in [4.69, 9.17) is 4.98 Å². The van der Waals surface area contributed by atoms with Crippen molar-refractivity contribution in [1.82, 2.24) is 20.1 Å². The van der Waals surface area contributed by atoms with E-state index in [0.29, 0.717) is 5.95 Å². The van der Waals surface area contributed by atoms with E-state index in [1.165, 1.54) is 16.7 Å². The molecule has 28 heavy (non-hydrogen) atoms. The molecule has 0 aliphatic carbocycles. The van der Waals surface area contributed by atoms with Crippen LogP contribution in [0.2, 0.25) is 0 Å². The minimum atomic E-state index is 0.543. The smallest absolute Gasteiger partial charge is 0.249 e. The molecule has 1 aromatic heterocycles. The first kappa shape index (κ1) is 18.4. The molecule has 0 saturated carbocycles. The molecule has 0 unspecified atom stereocenters. The van der Waals surface area contributed by atoms with Gasteiger partial charge in [-0.1, -0.05) is 48.5 Å². The molecule has 0 bridgehead atoms. The summed E-state index contributed by atoms with van der Waals surface area (Å²) in [5.41, 5.74) is 4.75. The van der Waals surface area contributed by atoms with Crippen LogP contribution in [0.1, 0.15) is 16.7 Å². The summed E-state index contributed by atoms with van der Waals surface area (Å²) in [6.07, 6.45) is 1.75. The molecule has 1 aliphatic rings. The van der Waals surface area contributed by atoms with Gasteiger partial charge < -0.3 is 10.2 Å². The monoisotopic (exact) mass is 374 g/mol. The number of aromatic nitrogens is 3. The summed E-state index contributed by atoms with van der Waals surface area (Å²) in [6.45, 7) is 9.06. The number of aryl methyl sites for hydroxylation is 2. The number of nitrogens with one attached hydrogen (secondary N) is 1. The first-order chi connectivity index (χ1) is 13.7. The lowest BCUT2D eigenvalue weighted by Crippen LogP contribution is -2.46. The fraction of sp³-hybridized carbons (Fsp3) is 0.318. The molecule has 1 fully saturated rings. The van der Waals surface area contributed by atoms with Crippen LogP contribution in [-0.2, 0) is 6.54 Å². The molecular weight excluding hydrogens is 348 g/mol. The van der Waals surface area contributed by atoms with Crippen LogP contribution in [0.5, 0.6) is 0 Å². The topological polar surface area (TPSA) is 57.2 Å². The minimum absolute atomic E-state index is 0.543. The zero-order valence-electron chi connectivity index (χ0n) is 16.5. The van der Waals surface area contributed by atoms with Gasteiger partial charge in [0.05, 0.1) is 6.20 Å². The highest BCUT2D eigenvalue weighted by molar-refractivity contribution is 5.63. The normalized spacial score (nSPS) is 14.9. The Bertz CT molecular complexity index is 899. The van der Waals surface area contributed by atoms with E-state index in [-0.39, 0.29) is 0 Å². The third kappa shape index (κ3) is 4.28. The summed E-state index contributed by atoms with van der Waals surface area (Å²) in [5.74, 6) is 1.42. The molecule has 1 aliphatic heterocycles. The Morgan fingerprint density at radius 2 is 1.61 bits per heavy atom. The molecule has 1 N–H and O–H groups in total. The Hall–Kier alpha value is -2.99. The first-order valence-corrected chi connectivity index (χ1v) is 9.73. The molecule has 0 amide bonds. The van der Waals surface area contributed by atoms with Gasteiger partial charge in [0.1, 0.15) is 0 Å². The molecule has 0 radical (unpaired) electrons. The average Bonchev–Trinajstić information content (AvgIpc) is 2.72. The molecule has 6 heteroatoms. The first-order valence-electron chi connectivity index (χ1n) is 9.73. The van der Waals surface area contributed by atoms with Gasteiger partial charge in [-0.05, 0) is 30.5 Å². The molecule has 2 heterocycles. The van der Waals surface area contributed by atoms with Gasteiger partial charge >= 0.3 is 0 Å². The van der Waals surface area contributed by atoms with Crippen LogP contribution in [0.15, 0.2) is 54.7 Å². The van der Waals surface area contributed by atoms with E-state index in [0.717, 1.165) is 44.2 Å². The van der Waals surface area contributed by atoms with Crippen molar-refractivity contribution in [1.29, 1.82) is 0 Å². The van der Waals surface area contributed by atoms with Gasteiger partial charge in [0.15, 0.2) is 5.82 Å². The summed E-state index contributed by atoms with van der Waals surface area (Å²) in [7, 11) is 0. The van der Waals surface area contributed by atoms with Gasteiger partial charge in [-0.2, -0.15) is 10.1 Å². The fourth-order valence-corrected chi connectivity index (χ4v) is 3.60. The Kier molecular flexibility index (Phi) is 5.48. The Balaban J connectivity index is 1.40. The molecular formula is C22H26N6. The molecule has 0 spiro atoms. The van der Waals surface area contributed by atoms with Crippen LogP contribution in [0.4, 0.5) is 17.5 Å². The maximum atomic E-state index is 4.71. The highest BCUT2D eigenvalue weighted by atomic mass is 15.3. The molecule has 1 saturated heterocycles. The van der Waals surface area contributed by atoms with Crippen molar-refractivity contribution in [3.63, 3.8) is 0 Å². The predicted molar refractivity (Wildman–Crippen MR) is 113 cm³/mol. The van der Waals surface area contributed by atoms with E-state index < -0.39 is 0 Å². The summed E-state index contributed by atoms with van der Waals surface area (Å²) in [5, 5.41) is 11.7. The largest absolute Gasteiger partial charge is 0.353 e. The number of anilines is 3. The molecule has 4 rings (SSSR count). The number of hydrogen-bond acceptors (Lipinski definition) is 6. The average molecular weight is 374 g/mol. The van der Waals surface area contributed by atoms with Gasteiger partial charge in [-0.25, -0.2) is 0 Å². The summed E-state index contributed by atoms with van der Waals surface area (Å²) < 4.78 is 0. The number of rotatable bonds is 5. The van der Waals surface area contributed by atoms with E-state index in [9.17, 15) is 0 Å². The van der Waals surface area contributed by atoms with Gasteiger partial charge in [-0.15, -0.1) is 5.10 Å². The second-order valence-corrected chi connectivity index (χ2v) is 7.28. The quantitative estimate of drug-likeness (QED) is 0.737. The number of hydrogen-bond donors (Lipinski definition) is 1. The van der Waals surface area contributed by atoms with E-state index in [1.54, 1.807) is 6.20 Å². The molecule has 3 aromatic rings. The van der Waals surface area contributed by atoms with Gasteiger partial charge in [-0.3, -0.25) is 4.90 Å². The van der Waals surface area contributed by atoms with Crippen LogP contribution in [0.3, 0.4) is 0 Å². The van der Waals surface area contributed by atoms with Crippen LogP contribution >= 0.6 is 0 Å². The molecule has 6 nitrogen and oxygen atoms in total. The van der Waals surface area contributed by atoms with Gasteiger partial charge in [0.2, 0.25) is 5.95 Å². The lowest BCUT2D eigenvalue weighted by Gasteiger charge is -2.35. The molecule has 0 atom stereocenters. The Morgan fingerprint density at radius 1 is 0.893 bits per heavy atom. The molecule has 2 aromatic carbocycles. The zero-order valence-corrected chi connectivity index (χ0v) is 16.5. The lowest BCUT2D eigenvalue weighted by molar-refractivity contribution is 0.249. The van der Waals surface area contributed by atoms with Crippen LogP contribution in [-0.4, -0.2) is 46.3 Å². The standard InChI is InChI=1S/C22H26N6/c1-17-7-6-8-18(2)21(17)25-22-24-20(15-23-26-22)28-13-11-27(12-14-28)16-19-9-4-3-5-10-19/h3-10,15H,11-14,16H2,1-2H3,(H,24,25,26). The third-order valence-corrected chi connectivity index (χ3v) is 5.21. The Morgan fingerprint density at radius 3 is 2.32 bits per heavy atom. The summed E-state index contributed by atoms with van der Waals surface area (Å²) in [4.78, 5) is 9.47. The molecule has 144 valence electrons. The lowest BCUT2D eigenvalue weighted by atomic mass is 10.1. The van der Waals surface area contributed by atoms with E-state index in [2.05, 4.69) is 87.7 Å². The van der Waals surface area contributed by atoms with Crippen LogP contribution in [0.25, 0.3) is 0 Å². The van der Waals surface area contributed by atoms with Gasteiger partial charge in [0.25, 0.3) is 0 Å². The van der Waals surface area contributed by atoms with Crippen molar-refractivity contribution in [2.45, 2.75) is 20.4 Å². The maximum absolute atomic E-state index is 4.71. The Labute approximate surface area is 166 Å². The van der Waals surface area contributed by atoms with Crippen molar-refractivity contribution in [3.05, 3.63) is 71.4 Å². The second kappa shape index (κ2) is 8.35. The summed E-state index contributed by atoms with van der Waals surface area (Å²) in [6, 6.07) is 16.9. The van der Waals surface area contributed by atoms with E-state index >= 15 is 0 Å². The van der Waals surface area contributed by atoms with Gasteiger partial charge in [0, 0.05) is 38.4 Å². The SMILES string of the molecule is Cc1cccc(C)c1Nc1nncc(N2CCN(Cc3ccccc3)CC2)n1. The second-order valence-electron chi connectivity index (χ2n) is 7.28. The maximum Gasteiger partial charge on any atom is 0.249 e. The number of piperazine rings is 1. The van der Waals surface area contributed by atoms with Crippen molar-refractivity contribution < 1.29 is 0 Å². The van der Waals surface area contributed by atoms with Crippen LogP contribution in [0, 0.1) is 13.8 Å². The number of benzene rings is 2. The fourth-order valence-electron chi connectivity index (χ4n) is 3.60. The highest BCUT2D eigenvalue weighted by Gasteiger charge is 2.19. The van der Waals surface area contributed by atoms with Crippen molar-refractivity contribution in [2.24, 2.45) is 0 Å². The van der Waals surface area contributed by atoms with Crippen molar-refractivity contribution >= 4 is 17.5 Å². The zero-order chi connectivity index (χ0) is 19.3. The van der Waals surface area contributed by atoms with Crippen molar-refractivity contribution in [2.75, 3.05) is 36.4 Å². The predicted octanol–water partition coefficient (Wildman–Crippen LogP) is 3.55. The third-order valence-electron chi connectivity index (χ3n) is 5.21. The number of nitrogens with zero attached hydrogens (tertiary/aromatic N) is 5. The summed E-state index contributed by atoms with van der Waals surface area (Å²) >= 11 is 0. The minimum Gasteiger partial charge on any atom is -0.353 e. The number of para-hydroxylation sites is 1. The van der Waals surface area contributed by atoms with E-state index in [1.807, 2.05) is 0 Å².